The summed E-state index contributed by atoms with van der Waals surface area (Å²) < 4.78 is 0. The Balaban J connectivity index is 0. The van der Waals surface area contributed by atoms with Crippen molar-refractivity contribution in [3.63, 3.8) is 0 Å². The molecular formula is C17H32NNaO3. The summed E-state index contributed by atoms with van der Waals surface area (Å²) >= 11 is 0. The number of aliphatic carboxylic acids is 1. The maximum Gasteiger partial charge on any atom is 1.00 e. The fourth-order valence-electron chi connectivity index (χ4n) is 2.30. The van der Waals surface area contributed by atoms with Crippen LogP contribution in [0.25, 0.3) is 0 Å². The summed E-state index contributed by atoms with van der Waals surface area (Å²) in [6, 6.07) is -0.869. The van der Waals surface area contributed by atoms with Gasteiger partial charge in [-0.2, -0.15) is 0 Å². The molecule has 5 heteroatoms. The van der Waals surface area contributed by atoms with Crippen LogP contribution in [-0.4, -0.2) is 23.0 Å². The number of nitrogens with zero attached hydrogens (tertiary/aromatic N) is 1. The first-order valence-electron chi connectivity index (χ1n) is 8.43. The normalized spacial score (nSPS) is 13.0. The zero-order valence-corrected chi connectivity index (χ0v) is 16.9. The molecule has 0 bridgehead atoms. The van der Waals surface area contributed by atoms with Crippen LogP contribution in [0.3, 0.4) is 0 Å². The summed E-state index contributed by atoms with van der Waals surface area (Å²) in [5.41, 5.74) is 0. The standard InChI is InChI=1S/C17H33NO3.Na/c1-4-5-6-7-8-9-10-11-12-16(19)18-15(17(20)21)13-14(2)3;/h14-15H,4-13H2,1-3H3,(H,18,19)(H,20,21);/q;+1/p-1/t15-;/m0./s1. The molecule has 0 fully saturated rings. The molecule has 0 aliphatic rings. The van der Waals surface area contributed by atoms with Crippen LogP contribution < -0.4 is 34.7 Å². The number of carbonyl (C=O) groups is 1. The van der Waals surface area contributed by atoms with E-state index in [0.29, 0.717) is 12.8 Å². The van der Waals surface area contributed by atoms with E-state index in [1.807, 2.05) is 13.8 Å². The van der Waals surface area contributed by atoms with E-state index < -0.39 is 12.0 Å². The minimum Gasteiger partial charge on any atom is -0.862 e. The van der Waals surface area contributed by atoms with E-state index in [1.165, 1.54) is 32.1 Å². The maximum atomic E-state index is 11.7. The molecule has 124 valence electrons. The van der Waals surface area contributed by atoms with Gasteiger partial charge in [0.2, 0.25) is 0 Å². The Morgan fingerprint density at radius 2 is 1.55 bits per heavy atom. The van der Waals surface area contributed by atoms with Crippen molar-refractivity contribution >= 4 is 11.9 Å². The van der Waals surface area contributed by atoms with E-state index in [-0.39, 0.29) is 41.4 Å². The van der Waals surface area contributed by atoms with Gasteiger partial charge in [-0.05, 0) is 31.1 Å². The van der Waals surface area contributed by atoms with Gasteiger partial charge in [0.25, 0.3) is 0 Å². The van der Waals surface area contributed by atoms with E-state index in [9.17, 15) is 9.90 Å². The summed E-state index contributed by atoms with van der Waals surface area (Å²) in [5.74, 6) is -1.02. The van der Waals surface area contributed by atoms with Crippen molar-refractivity contribution in [1.29, 1.82) is 0 Å². The number of carboxylic acids is 1. The van der Waals surface area contributed by atoms with Crippen LogP contribution in [-0.2, 0) is 4.79 Å². The fourth-order valence-corrected chi connectivity index (χ4v) is 2.30. The molecule has 0 rings (SSSR count). The molecule has 0 amide bonds. The molecule has 0 aromatic rings. The van der Waals surface area contributed by atoms with Crippen molar-refractivity contribution in [1.82, 2.24) is 0 Å². The Kier molecular flexibility index (Phi) is 17.4. The van der Waals surface area contributed by atoms with Crippen LogP contribution in [0.4, 0.5) is 0 Å². The molecule has 0 heterocycles. The van der Waals surface area contributed by atoms with Crippen molar-refractivity contribution in [2.75, 3.05) is 0 Å². The van der Waals surface area contributed by atoms with E-state index >= 15 is 0 Å². The number of hydrogen-bond donors (Lipinski definition) is 1. The van der Waals surface area contributed by atoms with Crippen LogP contribution in [0.2, 0.25) is 0 Å². The molecule has 0 spiro atoms. The number of carboxylic acid groups (broad SMARTS) is 1. The van der Waals surface area contributed by atoms with E-state index in [2.05, 4.69) is 11.9 Å². The average Bonchev–Trinajstić information content (AvgIpc) is 2.40. The van der Waals surface area contributed by atoms with E-state index in [0.717, 1.165) is 19.3 Å². The molecule has 0 saturated heterocycles. The predicted molar refractivity (Wildman–Crippen MR) is 85.5 cm³/mol. The van der Waals surface area contributed by atoms with Gasteiger partial charge < -0.3 is 10.2 Å². The molecule has 0 aromatic carbocycles. The van der Waals surface area contributed by atoms with Crippen LogP contribution in [0.1, 0.15) is 85.0 Å². The second kappa shape index (κ2) is 15.8. The van der Waals surface area contributed by atoms with Gasteiger partial charge in [0.05, 0.1) is 0 Å². The third-order valence-electron chi connectivity index (χ3n) is 3.52. The van der Waals surface area contributed by atoms with Crippen LogP contribution in [0.5, 0.6) is 0 Å². The van der Waals surface area contributed by atoms with Crippen molar-refractivity contribution in [3.8, 4) is 0 Å². The molecule has 0 aliphatic heterocycles. The molecule has 0 aromatic heterocycles. The summed E-state index contributed by atoms with van der Waals surface area (Å²) in [5, 5.41) is 20.7. The third kappa shape index (κ3) is 14.9. The van der Waals surface area contributed by atoms with Gasteiger partial charge in [-0.25, -0.2) is 4.79 Å². The number of rotatable bonds is 13. The number of hydrogen-bond acceptors (Lipinski definition) is 3. The molecule has 4 nitrogen and oxygen atoms in total. The molecule has 1 atom stereocenters. The molecule has 22 heavy (non-hydrogen) atoms. The number of aliphatic imine (C=N–C) groups is 1. The molecule has 0 aliphatic carbocycles. The summed E-state index contributed by atoms with van der Waals surface area (Å²) in [6.45, 7) is 6.09. The third-order valence-corrected chi connectivity index (χ3v) is 3.52. The second-order valence-corrected chi connectivity index (χ2v) is 6.23. The van der Waals surface area contributed by atoms with Crippen molar-refractivity contribution in [3.05, 3.63) is 0 Å². The Labute approximate surface area is 158 Å². The van der Waals surface area contributed by atoms with Gasteiger partial charge in [-0.1, -0.05) is 65.7 Å². The quantitative estimate of drug-likeness (QED) is 0.236. The zero-order chi connectivity index (χ0) is 16.1. The predicted octanol–water partition coefficient (Wildman–Crippen LogP) is 0.779. The van der Waals surface area contributed by atoms with Crippen LogP contribution in [0, 0.1) is 5.92 Å². The van der Waals surface area contributed by atoms with E-state index in [4.69, 9.17) is 5.11 Å². The Morgan fingerprint density at radius 1 is 1.05 bits per heavy atom. The average molecular weight is 321 g/mol. The Morgan fingerprint density at radius 3 is 2.00 bits per heavy atom. The molecule has 0 saturated carbocycles. The molecule has 1 N–H and O–H groups in total. The first-order chi connectivity index (χ1) is 9.97. The van der Waals surface area contributed by atoms with Gasteiger partial charge in [0.1, 0.15) is 6.04 Å². The minimum absolute atomic E-state index is 0. The molecular weight excluding hydrogens is 289 g/mol. The van der Waals surface area contributed by atoms with Crippen molar-refractivity contribution < 1.29 is 44.6 Å². The smallest absolute Gasteiger partial charge is 0.862 e. The first-order valence-corrected chi connectivity index (χ1v) is 8.43. The topological polar surface area (TPSA) is 72.7 Å². The van der Waals surface area contributed by atoms with Gasteiger partial charge in [-0.15, -0.1) is 0 Å². The first kappa shape index (κ1) is 24.2. The second-order valence-electron chi connectivity index (χ2n) is 6.23. The summed E-state index contributed by atoms with van der Waals surface area (Å²) in [7, 11) is 0. The van der Waals surface area contributed by atoms with E-state index in [1.54, 1.807) is 0 Å². The summed E-state index contributed by atoms with van der Waals surface area (Å²) in [4.78, 5) is 14.9. The van der Waals surface area contributed by atoms with Crippen LogP contribution >= 0.6 is 0 Å². The van der Waals surface area contributed by atoms with Gasteiger partial charge in [0, 0.05) is 0 Å². The SMILES string of the molecule is CCCCCCCCCCC([O-])=N[C@@H](CC(C)C)C(=O)O.[Na+]. The van der Waals surface area contributed by atoms with Gasteiger partial charge >= 0.3 is 35.5 Å². The van der Waals surface area contributed by atoms with Gasteiger partial charge in [-0.3, -0.25) is 4.99 Å². The number of unbranched alkanes of at least 4 members (excludes halogenated alkanes) is 7. The monoisotopic (exact) mass is 321 g/mol. The molecule has 0 unspecified atom stereocenters. The summed E-state index contributed by atoms with van der Waals surface area (Å²) in [6.07, 6.45) is 10.2. The Hall–Kier alpha value is -0.0600. The van der Waals surface area contributed by atoms with Crippen molar-refractivity contribution in [2.45, 2.75) is 91.0 Å². The minimum atomic E-state index is -0.993. The van der Waals surface area contributed by atoms with Gasteiger partial charge in [0.15, 0.2) is 0 Å². The Bertz CT molecular complexity index is 306. The fraction of sp³-hybridized carbons (Fsp3) is 0.882. The zero-order valence-electron chi connectivity index (χ0n) is 14.9. The van der Waals surface area contributed by atoms with Crippen LogP contribution in [0.15, 0.2) is 4.99 Å². The maximum absolute atomic E-state index is 11.7. The molecule has 0 radical (unpaired) electrons. The van der Waals surface area contributed by atoms with Crippen molar-refractivity contribution in [2.24, 2.45) is 10.9 Å². The largest absolute Gasteiger partial charge is 1.00 e.